The first-order valence-electron chi connectivity index (χ1n) is 56.6. The molecule has 0 aliphatic carbocycles. The van der Waals surface area contributed by atoms with Crippen LogP contribution in [0.2, 0.25) is 0 Å². The largest absolute Gasteiger partial charge is 0.489 e. The van der Waals surface area contributed by atoms with Crippen molar-refractivity contribution in [3.8, 4) is 51.7 Å². The van der Waals surface area contributed by atoms with Gasteiger partial charge in [-0.15, -0.1) is 0 Å². The molecule has 19 nitrogen and oxygen atoms in total. The number of unbranched alkanes of at least 4 members (excludes halogenated alkanes) is 63. The van der Waals surface area contributed by atoms with Crippen LogP contribution in [0.3, 0.4) is 0 Å². The summed E-state index contributed by atoms with van der Waals surface area (Å²) in [5.74, 6) is 7.29. The molecule has 0 bridgehead atoms. The second kappa shape index (κ2) is 80.1. The average molecular weight is 1850 g/mol. The van der Waals surface area contributed by atoms with E-state index in [9.17, 15) is 0 Å². The van der Waals surface area contributed by atoms with E-state index < -0.39 is 0 Å². The van der Waals surface area contributed by atoms with Gasteiger partial charge >= 0.3 is 0 Å². The molecule has 3 N–H and O–H groups in total. The second-order valence-corrected chi connectivity index (χ2v) is 38.6. The number of anilines is 3. The lowest BCUT2D eigenvalue weighted by Crippen LogP contribution is -2.49. The smallest absolute Gasteiger partial charge is 0.246 e. The minimum Gasteiger partial charge on any atom is -0.489 e. The van der Waals surface area contributed by atoms with Crippen molar-refractivity contribution in [1.82, 2.24) is 4.90 Å². The highest BCUT2D eigenvalue weighted by atomic mass is 16.6. The molecule has 19 heteroatoms. The zero-order chi connectivity index (χ0) is 94.2. The fraction of sp³-hybridized carbons (Fsp3) is 0.789. The zero-order valence-electron chi connectivity index (χ0n) is 87.0. The summed E-state index contributed by atoms with van der Waals surface area (Å²) in [6, 6.07) is 12.2. The maximum atomic E-state index is 6.95. The first-order chi connectivity index (χ1) is 65.8. The van der Waals surface area contributed by atoms with Gasteiger partial charge in [-0.2, -0.15) is 30.0 Å². The number of ether oxygens (including phenoxy) is 9. The highest BCUT2D eigenvalue weighted by molar-refractivity contribution is 6.32. The van der Waals surface area contributed by atoms with E-state index in [-0.39, 0.29) is 35.8 Å². The maximum Gasteiger partial charge on any atom is 0.246 e. The van der Waals surface area contributed by atoms with Crippen LogP contribution in [-0.4, -0.2) is 100 Å². The number of guanidine groups is 6. The van der Waals surface area contributed by atoms with Gasteiger partial charge in [0.25, 0.3) is 0 Å². The Bertz CT molecular complexity index is 3070. The van der Waals surface area contributed by atoms with Crippen LogP contribution in [0.5, 0.6) is 51.7 Å². The van der Waals surface area contributed by atoms with Gasteiger partial charge in [0, 0.05) is 53.5 Å². The van der Waals surface area contributed by atoms with Gasteiger partial charge in [-0.05, 0) is 57.8 Å². The lowest BCUT2D eigenvalue weighted by Gasteiger charge is -2.30. The first-order valence-corrected chi connectivity index (χ1v) is 56.6. The average Bonchev–Trinajstić information content (AvgIpc) is 0.753. The molecule has 0 aromatic heterocycles. The number of aliphatic imine (C=N–C) groups is 6. The molecule has 0 unspecified atom stereocenters. The van der Waals surface area contributed by atoms with Crippen molar-refractivity contribution in [3.05, 3.63) is 36.4 Å². The Kier molecular flexibility index (Phi) is 69.1. The zero-order valence-corrected chi connectivity index (χ0v) is 87.0. The SMILES string of the molecule is CCCCCCCCCCOc1cc(NC2=NC3=NC(Nc4cc(OCCCCCCCCCC)c(OCCCCCCCCCC)c(OCCCCCCCCCC)c4)=NC4=NC(Nc5cc(OCCCCCCCCCC)c(OCCCCCCCCCC)c(OCCCCCCCCCC)c5)=NC(=N2)N34)cc(OCCCCCCCCCC)c1OCCCCCCCCCC. The van der Waals surface area contributed by atoms with Gasteiger partial charge < -0.3 is 58.6 Å². The first kappa shape index (κ1) is 115. The molecule has 0 fully saturated rings. The Balaban J connectivity index is 1.51. The monoisotopic (exact) mass is 1850 g/mol. The van der Waals surface area contributed by atoms with Crippen molar-refractivity contribution in [2.75, 3.05) is 75.4 Å². The summed E-state index contributed by atoms with van der Waals surface area (Å²) >= 11 is 0. The van der Waals surface area contributed by atoms with E-state index in [1.807, 2.05) is 36.4 Å². The molecule has 0 spiro atoms. The van der Waals surface area contributed by atoms with Crippen LogP contribution < -0.4 is 58.6 Å². The van der Waals surface area contributed by atoms with Crippen molar-refractivity contribution < 1.29 is 42.6 Å². The molecule has 0 atom stereocenters. The van der Waals surface area contributed by atoms with E-state index in [4.69, 9.17) is 72.6 Å². The fourth-order valence-electron chi connectivity index (χ4n) is 17.6. The van der Waals surface area contributed by atoms with E-state index in [2.05, 4.69) is 78.3 Å². The molecule has 6 rings (SSSR count). The van der Waals surface area contributed by atoms with Crippen molar-refractivity contribution in [3.63, 3.8) is 0 Å². The lowest BCUT2D eigenvalue weighted by atomic mass is 10.1. The summed E-state index contributed by atoms with van der Waals surface area (Å²) in [5, 5.41) is 11.0. The van der Waals surface area contributed by atoms with E-state index in [1.54, 1.807) is 4.90 Å². The highest BCUT2D eigenvalue weighted by Gasteiger charge is 2.36. The molecule has 133 heavy (non-hydrogen) atoms. The minimum atomic E-state index is 0.254. The standard InChI is InChI=1S/C114H198N10O9/c1-10-19-28-37-46-55-64-73-82-125-100-91-97(92-101(126-83-74-65-56-47-38-29-20-11-2)106(100)131-88-79-70-61-52-43-34-25-16-7)115-109-118-112-120-110(116-98-93-102(127-84-75-66-57-48-39-30-21-12-3)107(132-89-80-71-62-53-44-35-26-17-8)103(94-98)128-85-76-67-58-49-40-31-22-13-4)122-114-123-111(121-113(119-109)124(112)114)117-99-95-104(129-86-77-68-59-50-41-32-23-14-5)108(133-90-81-72-63-54-45-36-27-18-9)105(96-99)130-87-78-69-60-51-42-33-24-15-6/h91-96H,10-90H2,1-9H3,(H3,115,116,117,118,119,120,121,122,123). The molecule has 0 saturated heterocycles. The molecule has 3 heterocycles. The summed E-state index contributed by atoms with van der Waals surface area (Å²) in [5.41, 5.74) is 2.03. The highest BCUT2D eigenvalue weighted by Crippen LogP contribution is 2.45. The van der Waals surface area contributed by atoms with Gasteiger partial charge in [-0.1, -0.05) is 467 Å². The molecule has 0 saturated carbocycles. The molecule has 3 aromatic carbocycles. The Morgan fingerprint density at radius 3 is 0.436 bits per heavy atom. The quantitative estimate of drug-likeness (QED) is 0.0452. The van der Waals surface area contributed by atoms with Gasteiger partial charge in [0.05, 0.1) is 59.5 Å². The Hall–Kier alpha value is -6.92. The summed E-state index contributed by atoms with van der Waals surface area (Å²) in [6.07, 6.45) is 86.5. The van der Waals surface area contributed by atoms with E-state index in [1.165, 1.54) is 347 Å². The minimum absolute atomic E-state index is 0.254. The Morgan fingerprint density at radius 1 is 0.165 bits per heavy atom. The number of hydrogen-bond donors (Lipinski definition) is 3. The Morgan fingerprint density at radius 2 is 0.293 bits per heavy atom. The van der Waals surface area contributed by atoms with Gasteiger partial charge in [-0.25, -0.2) is 4.90 Å². The molecule has 0 amide bonds. The van der Waals surface area contributed by atoms with E-state index >= 15 is 0 Å². The fourth-order valence-corrected chi connectivity index (χ4v) is 17.6. The van der Waals surface area contributed by atoms with Crippen molar-refractivity contribution in [2.24, 2.45) is 30.0 Å². The number of hydrogen-bond acceptors (Lipinski definition) is 19. The van der Waals surface area contributed by atoms with Crippen LogP contribution in [0, 0.1) is 0 Å². The molecule has 3 aliphatic rings. The van der Waals surface area contributed by atoms with Crippen LogP contribution in [0.4, 0.5) is 17.1 Å². The normalized spacial score (nSPS) is 12.8. The third-order valence-electron chi connectivity index (χ3n) is 25.9. The number of benzene rings is 3. The molecule has 758 valence electrons. The second-order valence-electron chi connectivity index (χ2n) is 38.6. The molecular formula is C114H198N10O9. The number of nitrogens with one attached hydrogen (secondary N) is 3. The third-order valence-corrected chi connectivity index (χ3v) is 25.9. The summed E-state index contributed by atoms with van der Waals surface area (Å²) < 4.78 is 62.4. The van der Waals surface area contributed by atoms with Gasteiger partial charge in [-0.3, -0.25) is 0 Å². The number of rotatable bonds is 93. The summed E-state index contributed by atoms with van der Waals surface area (Å²) in [6.45, 7) is 25.5. The van der Waals surface area contributed by atoms with Crippen LogP contribution >= 0.6 is 0 Å². The molecule has 3 aromatic rings. The lowest BCUT2D eigenvalue weighted by molar-refractivity contribution is 0.234. The molecular weight excluding hydrogens is 1650 g/mol. The number of nitrogens with zero attached hydrogens (tertiary/aromatic N) is 7. The van der Waals surface area contributed by atoms with Crippen molar-refractivity contribution >= 4 is 52.8 Å². The molecule has 0 radical (unpaired) electrons. The van der Waals surface area contributed by atoms with Crippen molar-refractivity contribution in [1.29, 1.82) is 0 Å². The third kappa shape index (κ3) is 53.6. The van der Waals surface area contributed by atoms with Crippen LogP contribution in [0.1, 0.15) is 525 Å². The van der Waals surface area contributed by atoms with Crippen molar-refractivity contribution in [2.45, 2.75) is 525 Å². The Labute approximate surface area is 813 Å². The van der Waals surface area contributed by atoms with Crippen LogP contribution in [0.15, 0.2) is 66.4 Å². The predicted octanol–water partition coefficient (Wildman–Crippen LogP) is 35.5. The van der Waals surface area contributed by atoms with Crippen LogP contribution in [0.25, 0.3) is 0 Å². The van der Waals surface area contributed by atoms with E-state index in [0.29, 0.717) is 128 Å². The summed E-state index contributed by atoms with van der Waals surface area (Å²) in [4.78, 5) is 33.5. The van der Waals surface area contributed by atoms with E-state index in [0.717, 1.165) is 116 Å². The topological polar surface area (TPSA) is 197 Å². The van der Waals surface area contributed by atoms with Gasteiger partial charge in [0.1, 0.15) is 0 Å². The van der Waals surface area contributed by atoms with Crippen LogP contribution in [-0.2, 0) is 0 Å². The van der Waals surface area contributed by atoms with Gasteiger partial charge in [0.2, 0.25) is 53.0 Å². The summed E-state index contributed by atoms with van der Waals surface area (Å²) in [7, 11) is 0. The maximum absolute atomic E-state index is 6.95. The predicted molar refractivity (Wildman–Crippen MR) is 570 cm³/mol. The van der Waals surface area contributed by atoms with Gasteiger partial charge in [0.15, 0.2) is 34.5 Å². The molecule has 3 aliphatic heterocycles.